The van der Waals surface area contributed by atoms with E-state index in [1.165, 1.54) is 17.7 Å². The summed E-state index contributed by atoms with van der Waals surface area (Å²) in [5, 5.41) is 0. The van der Waals surface area contributed by atoms with Gasteiger partial charge in [0.2, 0.25) is 10.0 Å². The number of rotatable bonds is 7. The lowest BCUT2D eigenvalue weighted by Gasteiger charge is -2.13. The Morgan fingerprint density at radius 2 is 1.59 bits per heavy atom. The van der Waals surface area contributed by atoms with Crippen molar-refractivity contribution < 1.29 is 13.2 Å². The number of benzene rings is 2. The first-order chi connectivity index (χ1) is 10.5. The van der Waals surface area contributed by atoms with E-state index in [0.717, 1.165) is 12.0 Å². The van der Waals surface area contributed by atoms with Crippen LogP contribution in [-0.4, -0.2) is 20.7 Å². The van der Waals surface area contributed by atoms with E-state index < -0.39 is 16.1 Å². The maximum Gasteiger partial charge on any atom is 0.241 e. The smallest absolute Gasteiger partial charge is 0.241 e. The van der Waals surface area contributed by atoms with Crippen molar-refractivity contribution >= 4 is 16.3 Å². The SMILES string of the molecule is CCc1ccc(C[C@@H](C=O)NS(=O)(=O)c2ccccc2)cc1. The average Bonchev–Trinajstić information content (AvgIpc) is 2.55. The third-order valence-electron chi connectivity index (χ3n) is 3.41. The van der Waals surface area contributed by atoms with Crippen molar-refractivity contribution in [2.24, 2.45) is 0 Å². The fourth-order valence-corrected chi connectivity index (χ4v) is 3.34. The second-order valence-electron chi connectivity index (χ2n) is 5.05. The van der Waals surface area contributed by atoms with Gasteiger partial charge in [-0.15, -0.1) is 0 Å². The van der Waals surface area contributed by atoms with E-state index in [0.29, 0.717) is 12.7 Å². The van der Waals surface area contributed by atoms with Gasteiger partial charge in [-0.25, -0.2) is 13.1 Å². The quantitative estimate of drug-likeness (QED) is 0.797. The zero-order valence-electron chi connectivity index (χ0n) is 12.4. The minimum atomic E-state index is -3.69. The Hall–Kier alpha value is -1.98. The zero-order valence-corrected chi connectivity index (χ0v) is 13.2. The van der Waals surface area contributed by atoms with Crippen LogP contribution in [0.5, 0.6) is 0 Å². The largest absolute Gasteiger partial charge is 0.302 e. The number of aryl methyl sites for hydroxylation is 1. The van der Waals surface area contributed by atoms with Crippen LogP contribution in [0.1, 0.15) is 18.1 Å². The lowest BCUT2D eigenvalue weighted by atomic mass is 10.0. The average molecular weight is 317 g/mol. The molecule has 5 heteroatoms. The van der Waals surface area contributed by atoms with Crippen LogP contribution < -0.4 is 4.72 Å². The van der Waals surface area contributed by atoms with Crippen molar-refractivity contribution in [1.29, 1.82) is 0 Å². The molecule has 0 bridgehead atoms. The molecule has 0 heterocycles. The third kappa shape index (κ3) is 4.26. The zero-order chi connectivity index (χ0) is 16.0. The summed E-state index contributed by atoms with van der Waals surface area (Å²) in [6.07, 6.45) is 1.91. The van der Waals surface area contributed by atoms with Crippen LogP contribution in [-0.2, 0) is 27.7 Å². The highest BCUT2D eigenvalue weighted by Gasteiger charge is 2.19. The summed E-state index contributed by atoms with van der Waals surface area (Å²) < 4.78 is 26.9. The van der Waals surface area contributed by atoms with Crippen LogP contribution in [0.4, 0.5) is 0 Å². The molecule has 1 N–H and O–H groups in total. The number of hydrogen-bond donors (Lipinski definition) is 1. The molecule has 0 amide bonds. The molecule has 22 heavy (non-hydrogen) atoms. The summed E-state index contributed by atoms with van der Waals surface area (Å²) in [4.78, 5) is 11.4. The normalized spacial score (nSPS) is 12.8. The fourth-order valence-electron chi connectivity index (χ4n) is 2.15. The Kier molecular flexibility index (Phi) is 5.46. The molecule has 1 atom stereocenters. The lowest BCUT2D eigenvalue weighted by molar-refractivity contribution is -0.109. The highest BCUT2D eigenvalue weighted by Crippen LogP contribution is 2.11. The van der Waals surface area contributed by atoms with Crippen molar-refractivity contribution in [2.45, 2.75) is 30.7 Å². The van der Waals surface area contributed by atoms with Crippen LogP contribution in [0, 0.1) is 0 Å². The summed E-state index contributed by atoms with van der Waals surface area (Å²) in [6, 6.07) is 15.1. The van der Waals surface area contributed by atoms with Crippen LogP contribution in [0.15, 0.2) is 59.5 Å². The topological polar surface area (TPSA) is 63.2 Å². The van der Waals surface area contributed by atoms with Gasteiger partial charge in [0, 0.05) is 0 Å². The van der Waals surface area contributed by atoms with Crippen molar-refractivity contribution in [3.05, 3.63) is 65.7 Å². The van der Waals surface area contributed by atoms with E-state index in [1.807, 2.05) is 24.3 Å². The van der Waals surface area contributed by atoms with Gasteiger partial charge in [0.1, 0.15) is 6.29 Å². The number of aldehydes is 1. The number of carbonyl (C=O) groups is 1. The standard InChI is InChI=1S/C17H19NO3S/c1-2-14-8-10-15(11-9-14)12-16(13-19)18-22(20,21)17-6-4-3-5-7-17/h3-11,13,16,18H,2,12H2,1H3/t16-/m0/s1. The Bertz CT molecular complexity index is 709. The molecule has 0 aliphatic heterocycles. The maximum absolute atomic E-state index is 12.2. The van der Waals surface area contributed by atoms with E-state index in [1.54, 1.807) is 18.2 Å². The van der Waals surface area contributed by atoms with E-state index >= 15 is 0 Å². The summed E-state index contributed by atoms with van der Waals surface area (Å²) in [6.45, 7) is 2.07. The molecule has 0 saturated carbocycles. The molecule has 0 radical (unpaired) electrons. The van der Waals surface area contributed by atoms with Gasteiger partial charge in [-0.3, -0.25) is 0 Å². The van der Waals surface area contributed by atoms with Crippen LogP contribution in [0.25, 0.3) is 0 Å². The second kappa shape index (κ2) is 7.33. The first-order valence-electron chi connectivity index (χ1n) is 7.15. The van der Waals surface area contributed by atoms with Crippen molar-refractivity contribution in [1.82, 2.24) is 4.72 Å². The Labute approximate surface area is 131 Å². The number of nitrogens with one attached hydrogen (secondary N) is 1. The summed E-state index contributed by atoms with van der Waals surface area (Å²) in [5.41, 5.74) is 2.13. The van der Waals surface area contributed by atoms with Crippen molar-refractivity contribution in [3.8, 4) is 0 Å². The predicted octanol–water partition coefficient (Wildman–Crippen LogP) is 2.34. The van der Waals surface area contributed by atoms with E-state index in [9.17, 15) is 13.2 Å². The first-order valence-corrected chi connectivity index (χ1v) is 8.64. The molecule has 2 aromatic rings. The van der Waals surface area contributed by atoms with Gasteiger partial charge in [0.25, 0.3) is 0 Å². The minimum Gasteiger partial charge on any atom is -0.302 e. The second-order valence-corrected chi connectivity index (χ2v) is 6.77. The van der Waals surface area contributed by atoms with E-state index in [4.69, 9.17) is 0 Å². The summed E-state index contributed by atoms with van der Waals surface area (Å²) in [7, 11) is -3.69. The molecular formula is C17H19NO3S. The van der Waals surface area contributed by atoms with Gasteiger partial charge < -0.3 is 4.79 Å². The molecule has 2 aromatic carbocycles. The molecule has 0 fully saturated rings. The van der Waals surface area contributed by atoms with Crippen LogP contribution >= 0.6 is 0 Å². The van der Waals surface area contributed by atoms with Gasteiger partial charge in [0.05, 0.1) is 10.9 Å². The molecular weight excluding hydrogens is 298 g/mol. The number of sulfonamides is 1. The van der Waals surface area contributed by atoms with E-state index in [2.05, 4.69) is 11.6 Å². The van der Waals surface area contributed by atoms with Crippen molar-refractivity contribution in [2.75, 3.05) is 0 Å². The van der Waals surface area contributed by atoms with Gasteiger partial charge >= 0.3 is 0 Å². The van der Waals surface area contributed by atoms with Gasteiger partial charge in [0.15, 0.2) is 0 Å². The Morgan fingerprint density at radius 1 is 1.00 bits per heavy atom. The molecule has 0 saturated heterocycles. The molecule has 0 aliphatic carbocycles. The number of hydrogen-bond acceptors (Lipinski definition) is 3. The molecule has 2 rings (SSSR count). The van der Waals surface area contributed by atoms with Gasteiger partial charge in [-0.1, -0.05) is 49.4 Å². The van der Waals surface area contributed by atoms with Gasteiger partial charge in [-0.05, 0) is 36.1 Å². The monoisotopic (exact) mass is 317 g/mol. The van der Waals surface area contributed by atoms with Crippen LogP contribution in [0.3, 0.4) is 0 Å². The summed E-state index contributed by atoms with van der Waals surface area (Å²) >= 11 is 0. The molecule has 0 spiro atoms. The van der Waals surface area contributed by atoms with Crippen LogP contribution in [0.2, 0.25) is 0 Å². The molecule has 116 valence electrons. The molecule has 0 aliphatic rings. The molecule has 4 nitrogen and oxygen atoms in total. The Morgan fingerprint density at radius 3 is 2.14 bits per heavy atom. The number of carbonyl (C=O) groups excluding carboxylic acids is 1. The molecule has 0 aromatic heterocycles. The first kappa shape index (κ1) is 16.4. The maximum atomic E-state index is 12.2. The minimum absolute atomic E-state index is 0.156. The predicted molar refractivity (Wildman–Crippen MR) is 86.1 cm³/mol. The lowest BCUT2D eigenvalue weighted by Crippen LogP contribution is -2.37. The fraction of sp³-hybridized carbons (Fsp3) is 0.235. The third-order valence-corrected chi connectivity index (χ3v) is 4.92. The molecule has 0 unspecified atom stereocenters. The Balaban J connectivity index is 2.10. The van der Waals surface area contributed by atoms with E-state index in [-0.39, 0.29) is 4.90 Å². The summed E-state index contributed by atoms with van der Waals surface area (Å²) in [5.74, 6) is 0. The van der Waals surface area contributed by atoms with Crippen molar-refractivity contribution in [3.63, 3.8) is 0 Å². The van der Waals surface area contributed by atoms with Gasteiger partial charge in [-0.2, -0.15) is 0 Å². The highest BCUT2D eigenvalue weighted by atomic mass is 32.2. The highest BCUT2D eigenvalue weighted by molar-refractivity contribution is 7.89.